The van der Waals surface area contributed by atoms with E-state index in [4.69, 9.17) is 27.7 Å². The lowest BCUT2D eigenvalue weighted by molar-refractivity contribution is 0.400. The summed E-state index contributed by atoms with van der Waals surface area (Å²) in [6.45, 7) is 1.69. The number of aromatic nitrogens is 1. The van der Waals surface area contributed by atoms with Crippen molar-refractivity contribution < 1.29 is 17.3 Å². The summed E-state index contributed by atoms with van der Waals surface area (Å²) in [6, 6.07) is 8.87. The first kappa shape index (κ1) is 17.9. The van der Waals surface area contributed by atoms with E-state index in [1.165, 1.54) is 12.1 Å². The molecule has 0 bridgehead atoms. The smallest absolute Gasteiger partial charge is 0.178 e. The number of nitrogens with zero attached hydrogens (tertiary/aromatic N) is 1. The average Bonchev–Trinajstić information content (AvgIpc) is 2.90. The molecule has 0 saturated heterocycles. The molecule has 0 amide bonds. The van der Waals surface area contributed by atoms with Gasteiger partial charge in [-0.05, 0) is 36.8 Å². The number of benzene rings is 2. The van der Waals surface area contributed by atoms with E-state index >= 15 is 0 Å². The second-order valence-corrected chi connectivity index (χ2v) is 8.31. The number of halogens is 3. The Labute approximate surface area is 154 Å². The molecule has 0 aliphatic rings. The van der Waals surface area contributed by atoms with Crippen molar-refractivity contribution >= 4 is 33.0 Å². The lowest BCUT2D eigenvalue weighted by Crippen LogP contribution is -2.00. The molecule has 1 heterocycles. The van der Waals surface area contributed by atoms with Gasteiger partial charge in [-0.25, -0.2) is 12.8 Å². The van der Waals surface area contributed by atoms with Gasteiger partial charge in [-0.1, -0.05) is 40.5 Å². The van der Waals surface area contributed by atoms with Crippen LogP contribution in [0.15, 0.2) is 45.8 Å². The molecule has 3 rings (SSSR count). The molecule has 0 aliphatic heterocycles. The molecule has 0 saturated carbocycles. The van der Waals surface area contributed by atoms with E-state index < -0.39 is 15.7 Å². The first-order valence-electron chi connectivity index (χ1n) is 7.10. The largest absolute Gasteiger partial charge is 0.360 e. The molecular formula is C17H12Cl2FNO3S. The van der Waals surface area contributed by atoms with Gasteiger partial charge in [0.15, 0.2) is 9.84 Å². The van der Waals surface area contributed by atoms with Crippen molar-refractivity contribution in [3.05, 3.63) is 58.0 Å². The van der Waals surface area contributed by atoms with Crippen molar-refractivity contribution in [2.75, 3.05) is 6.26 Å². The highest BCUT2D eigenvalue weighted by Crippen LogP contribution is 2.37. The predicted octanol–water partition coefficient (Wildman–Crippen LogP) is 5.17. The van der Waals surface area contributed by atoms with Gasteiger partial charge in [-0.15, -0.1) is 0 Å². The summed E-state index contributed by atoms with van der Waals surface area (Å²) < 4.78 is 42.7. The highest BCUT2D eigenvalue weighted by Gasteiger charge is 2.20. The van der Waals surface area contributed by atoms with E-state index in [1.54, 1.807) is 25.1 Å². The lowest BCUT2D eigenvalue weighted by Gasteiger charge is -2.07. The molecule has 0 atom stereocenters. The average molecular weight is 400 g/mol. The van der Waals surface area contributed by atoms with Crippen LogP contribution in [0.5, 0.6) is 0 Å². The molecule has 130 valence electrons. The fourth-order valence-corrected chi connectivity index (χ4v) is 3.54. The van der Waals surface area contributed by atoms with E-state index in [9.17, 15) is 12.8 Å². The quantitative estimate of drug-likeness (QED) is 0.609. The van der Waals surface area contributed by atoms with Gasteiger partial charge in [0.1, 0.15) is 22.2 Å². The second kappa shape index (κ2) is 6.44. The summed E-state index contributed by atoms with van der Waals surface area (Å²) in [5.74, 6) is -0.367. The SMILES string of the molecule is Cc1onc(-c2ccc(Cl)c(Cl)c2)c1-c1ccc(S(C)(=O)=O)c(F)c1. The topological polar surface area (TPSA) is 60.2 Å². The first-order chi connectivity index (χ1) is 11.7. The third kappa shape index (κ3) is 3.42. The number of hydrogen-bond donors (Lipinski definition) is 0. The van der Waals surface area contributed by atoms with E-state index in [0.29, 0.717) is 38.2 Å². The molecule has 0 fully saturated rings. The molecule has 0 radical (unpaired) electrons. The zero-order chi connectivity index (χ0) is 18.4. The zero-order valence-corrected chi connectivity index (χ0v) is 15.5. The van der Waals surface area contributed by atoms with Gasteiger partial charge in [0, 0.05) is 11.8 Å². The summed E-state index contributed by atoms with van der Waals surface area (Å²) in [7, 11) is -3.65. The number of hydrogen-bond acceptors (Lipinski definition) is 4. The van der Waals surface area contributed by atoms with Crippen LogP contribution in [-0.2, 0) is 9.84 Å². The maximum atomic E-state index is 14.3. The molecular weight excluding hydrogens is 388 g/mol. The fraction of sp³-hybridized carbons (Fsp3) is 0.118. The maximum Gasteiger partial charge on any atom is 0.178 e. The summed E-state index contributed by atoms with van der Waals surface area (Å²) in [5, 5.41) is 4.77. The van der Waals surface area contributed by atoms with E-state index in [-0.39, 0.29) is 4.90 Å². The van der Waals surface area contributed by atoms with Crippen LogP contribution in [0.1, 0.15) is 5.76 Å². The Morgan fingerprint density at radius 2 is 1.72 bits per heavy atom. The summed E-state index contributed by atoms with van der Waals surface area (Å²) in [4.78, 5) is -0.360. The summed E-state index contributed by atoms with van der Waals surface area (Å²) in [6.07, 6.45) is 0.955. The molecule has 1 aromatic heterocycles. The first-order valence-corrected chi connectivity index (χ1v) is 9.75. The minimum atomic E-state index is -3.65. The molecule has 0 unspecified atom stereocenters. The van der Waals surface area contributed by atoms with E-state index in [0.717, 1.165) is 12.3 Å². The fourth-order valence-electron chi connectivity index (χ4n) is 2.51. The highest BCUT2D eigenvalue weighted by atomic mass is 35.5. The Balaban J connectivity index is 2.17. The Morgan fingerprint density at radius 1 is 1.04 bits per heavy atom. The van der Waals surface area contributed by atoms with Crippen LogP contribution in [0.4, 0.5) is 4.39 Å². The van der Waals surface area contributed by atoms with Crippen LogP contribution < -0.4 is 0 Å². The molecule has 3 aromatic rings. The van der Waals surface area contributed by atoms with Crippen molar-refractivity contribution in [3.8, 4) is 22.4 Å². The van der Waals surface area contributed by atoms with Crippen LogP contribution in [0.25, 0.3) is 22.4 Å². The van der Waals surface area contributed by atoms with Gasteiger partial charge >= 0.3 is 0 Å². The van der Waals surface area contributed by atoms with Crippen LogP contribution in [-0.4, -0.2) is 19.8 Å². The van der Waals surface area contributed by atoms with Crippen LogP contribution in [0, 0.1) is 12.7 Å². The molecule has 25 heavy (non-hydrogen) atoms. The number of aryl methyl sites for hydroxylation is 1. The molecule has 0 aliphatic carbocycles. The van der Waals surface area contributed by atoms with Crippen molar-refractivity contribution in [3.63, 3.8) is 0 Å². The van der Waals surface area contributed by atoms with Crippen molar-refractivity contribution in [1.82, 2.24) is 5.16 Å². The lowest BCUT2D eigenvalue weighted by atomic mass is 9.99. The molecule has 0 N–H and O–H groups in total. The van der Waals surface area contributed by atoms with Crippen molar-refractivity contribution in [2.24, 2.45) is 0 Å². The Kier molecular flexibility index (Phi) is 4.62. The molecule has 2 aromatic carbocycles. The molecule has 0 spiro atoms. The second-order valence-electron chi connectivity index (χ2n) is 5.51. The van der Waals surface area contributed by atoms with Gasteiger partial charge in [0.25, 0.3) is 0 Å². The Morgan fingerprint density at radius 3 is 2.32 bits per heavy atom. The maximum absolute atomic E-state index is 14.3. The normalized spacial score (nSPS) is 11.7. The third-order valence-corrected chi connectivity index (χ3v) is 5.54. The van der Waals surface area contributed by atoms with Crippen molar-refractivity contribution in [2.45, 2.75) is 11.8 Å². The van der Waals surface area contributed by atoms with Gasteiger partial charge in [-0.3, -0.25) is 0 Å². The van der Waals surface area contributed by atoms with Gasteiger partial charge < -0.3 is 4.52 Å². The van der Waals surface area contributed by atoms with Crippen LogP contribution in [0.3, 0.4) is 0 Å². The van der Waals surface area contributed by atoms with Gasteiger partial charge in [0.05, 0.1) is 15.6 Å². The summed E-state index contributed by atoms with van der Waals surface area (Å²) >= 11 is 12.0. The van der Waals surface area contributed by atoms with E-state index in [2.05, 4.69) is 5.16 Å². The predicted molar refractivity (Wildman–Crippen MR) is 95.2 cm³/mol. The minimum absolute atomic E-state index is 0.351. The molecule has 8 heteroatoms. The van der Waals surface area contributed by atoms with Gasteiger partial charge in [0.2, 0.25) is 0 Å². The van der Waals surface area contributed by atoms with Crippen LogP contribution >= 0.6 is 23.2 Å². The Hall–Kier alpha value is -1.89. The van der Waals surface area contributed by atoms with E-state index in [1.807, 2.05) is 0 Å². The number of rotatable bonds is 3. The summed E-state index contributed by atoms with van der Waals surface area (Å²) in [5.41, 5.74) is 2.11. The van der Waals surface area contributed by atoms with Crippen molar-refractivity contribution in [1.29, 1.82) is 0 Å². The minimum Gasteiger partial charge on any atom is -0.360 e. The number of sulfone groups is 1. The molecule has 4 nitrogen and oxygen atoms in total. The van der Waals surface area contributed by atoms with Gasteiger partial charge in [-0.2, -0.15) is 0 Å². The zero-order valence-electron chi connectivity index (χ0n) is 13.2. The Bertz CT molecular complexity index is 1080. The third-order valence-electron chi connectivity index (χ3n) is 3.68. The monoisotopic (exact) mass is 399 g/mol. The standard InChI is InChI=1S/C17H12Cl2FNO3S/c1-9-16(10-4-6-15(14(20)8-10)25(2,22)23)17(21-24-9)11-3-5-12(18)13(19)7-11/h3-8H,1-2H3. The highest BCUT2D eigenvalue weighted by molar-refractivity contribution is 7.90. The van der Waals surface area contributed by atoms with Crippen LogP contribution in [0.2, 0.25) is 10.0 Å².